The van der Waals surface area contributed by atoms with Crippen LogP contribution < -0.4 is 11.3 Å². The normalized spacial score (nSPS) is 13.0. The Morgan fingerprint density at radius 2 is 1.77 bits per heavy atom. The number of hydrogen-bond donors (Lipinski definition) is 1. The predicted molar refractivity (Wildman–Crippen MR) is 157 cm³/mol. The summed E-state index contributed by atoms with van der Waals surface area (Å²) in [5, 5.41) is 5.76. The maximum Gasteiger partial charge on any atom is 0.258 e. The van der Waals surface area contributed by atoms with Gasteiger partial charge in [-0.2, -0.15) is 5.10 Å². The molecule has 8 nitrogen and oxygen atoms in total. The first kappa shape index (κ1) is 26.2. The Labute approximate surface area is 228 Å². The first-order valence-corrected chi connectivity index (χ1v) is 13.5. The Morgan fingerprint density at radius 3 is 2.51 bits per heavy atom. The van der Waals surface area contributed by atoms with Gasteiger partial charge in [0, 0.05) is 61.2 Å². The van der Waals surface area contributed by atoms with Crippen LogP contribution in [0.15, 0.2) is 82.5 Å². The summed E-state index contributed by atoms with van der Waals surface area (Å²) in [5.74, 6) is 0.450. The fourth-order valence-electron chi connectivity index (χ4n) is 5.05. The third kappa shape index (κ3) is 5.70. The molecule has 0 spiro atoms. The van der Waals surface area contributed by atoms with E-state index in [9.17, 15) is 9.59 Å². The van der Waals surface area contributed by atoms with E-state index in [1.807, 2.05) is 76.6 Å². The molecule has 8 heteroatoms. The van der Waals surface area contributed by atoms with E-state index in [2.05, 4.69) is 23.9 Å². The SMILES string of the molecule is CCCN(CCC)C(=O)C1=Cc2ccc(-c3ccc4c(=O)n(CCn5cccn5)ccc4c3)cc2N=C(N)C1. The summed E-state index contributed by atoms with van der Waals surface area (Å²) < 4.78 is 3.53. The largest absolute Gasteiger partial charge is 0.387 e. The lowest BCUT2D eigenvalue weighted by atomic mass is 9.99. The number of nitrogens with zero attached hydrogens (tertiary/aromatic N) is 5. The van der Waals surface area contributed by atoms with Gasteiger partial charge < -0.3 is 15.2 Å². The van der Waals surface area contributed by atoms with Gasteiger partial charge in [0.15, 0.2) is 0 Å². The van der Waals surface area contributed by atoms with E-state index in [0.717, 1.165) is 53.7 Å². The minimum absolute atomic E-state index is 0.0203. The van der Waals surface area contributed by atoms with Crippen LogP contribution in [0.2, 0.25) is 0 Å². The van der Waals surface area contributed by atoms with Crippen molar-refractivity contribution in [2.75, 3.05) is 13.1 Å². The van der Waals surface area contributed by atoms with Crippen LogP contribution in [0.1, 0.15) is 38.7 Å². The number of aromatic nitrogens is 3. The number of benzene rings is 2. The molecule has 3 heterocycles. The molecule has 2 aromatic heterocycles. The fraction of sp³-hybridized carbons (Fsp3) is 0.290. The zero-order chi connectivity index (χ0) is 27.4. The third-order valence-electron chi connectivity index (χ3n) is 6.98. The summed E-state index contributed by atoms with van der Waals surface area (Å²) in [6.45, 7) is 6.79. The van der Waals surface area contributed by atoms with Crippen molar-refractivity contribution in [2.45, 2.75) is 46.2 Å². The number of nitrogens with two attached hydrogens (primary N) is 1. The molecular weight excluding hydrogens is 488 g/mol. The molecule has 1 aliphatic rings. The molecule has 0 saturated heterocycles. The molecule has 5 rings (SSSR count). The average molecular weight is 523 g/mol. The molecule has 0 saturated carbocycles. The molecule has 0 atom stereocenters. The second kappa shape index (κ2) is 11.5. The van der Waals surface area contributed by atoms with Crippen LogP contribution in [0.4, 0.5) is 5.69 Å². The van der Waals surface area contributed by atoms with Crippen molar-refractivity contribution in [3.8, 4) is 11.1 Å². The number of aliphatic imine (C=N–C) groups is 1. The highest BCUT2D eigenvalue weighted by molar-refractivity contribution is 6.05. The topological polar surface area (TPSA) is 98.5 Å². The second-order valence-corrected chi connectivity index (χ2v) is 9.90. The van der Waals surface area contributed by atoms with Crippen LogP contribution in [0.5, 0.6) is 0 Å². The Kier molecular flexibility index (Phi) is 7.72. The molecule has 200 valence electrons. The number of amides is 1. The van der Waals surface area contributed by atoms with Crippen LogP contribution in [0, 0.1) is 0 Å². The molecule has 0 bridgehead atoms. The first-order valence-electron chi connectivity index (χ1n) is 13.5. The molecule has 4 aromatic rings. The molecule has 1 aliphatic heterocycles. The molecular formula is C31H34N6O2. The highest BCUT2D eigenvalue weighted by Crippen LogP contribution is 2.33. The smallest absolute Gasteiger partial charge is 0.258 e. The van der Waals surface area contributed by atoms with Gasteiger partial charge in [0.2, 0.25) is 5.91 Å². The minimum Gasteiger partial charge on any atom is -0.387 e. The van der Waals surface area contributed by atoms with Gasteiger partial charge in [0.1, 0.15) is 5.84 Å². The van der Waals surface area contributed by atoms with Gasteiger partial charge in [-0.1, -0.05) is 32.0 Å². The number of hydrogen-bond acceptors (Lipinski definition) is 5. The first-order chi connectivity index (χ1) is 19.0. The average Bonchev–Trinajstić information content (AvgIpc) is 3.40. The van der Waals surface area contributed by atoms with Gasteiger partial charge >= 0.3 is 0 Å². The number of pyridine rings is 1. The number of aryl methyl sites for hydroxylation is 2. The Hall–Kier alpha value is -4.46. The Bertz CT molecular complexity index is 1610. The zero-order valence-corrected chi connectivity index (χ0v) is 22.5. The van der Waals surface area contributed by atoms with E-state index in [0.29, 0.717) is 36.3 Å². The third-order valence-corrected chi connectivity index (χ3v) is 6.98. The Balaban J connectivity index is 1.43. The number of amidine groups is 1. The van der Waals surface area contributed by atoms with Crippen molar-refractivity contribution >= 4 is 34.3 Å². The Morgan fingerprint density at radius 1 is 1.00 bits per heavy atom. The molecule has 0 radical (unpaired) electrons. The molecule has 1 amide bonds. The maximum absolute atomic E-state index is 13.3. The van der Waals surface area contributed by atoms with Gasteiger partial charge in [-0.25, -0.2) is 4.99 Å². The zero-order valence-electron chi connectivity index (χ0n) is 22.5. The summed E-state index contributed by atoms with van der Waals surface area (Å²) in [6, 6.07) is 15.7. The van der Waals surface area contributed by atoms with Crippen LogP contribution in [0.25, 0.3) is 28.0 Å². The monoisotopic (exact) mass is 522 g/mol. The highest BCUT2D eigenvalue weighted by Gasteiger charge is 2.21. The van der Waals surface area contributed by atoms with Gasteiger partial charge in [-0.3, -0.25) is 14.3 Å². The van der Waals surface area contributed by atoms with Gasteiger partial charge in [-0.05, 0) is 65.8 Å². The summed E-state index contributed by atoms with van der Waals surface area (Å²) in [7, 11) is 0. The second-order valence-electron chi connectivity index (χ2n) is 9.90. The van der Waals surface area contributed by atoms with Gasteiger partial charge in [0.25, 0.3) is 5.56 Å². The molecule has 2 aromatic carbocycles. The minimum atomic E-state index is -0.0203. The van der Waals surface area contributed by atoms with Crippen LogP contribution in [-0.4, -0.2) is 44.1 Å². The quantitative estimate of drug-likeness (QED) is 0.335. The van der Waals surface area contributed by atoms with Crippen molar-refractivity contribution < 1.29 is 4.79 Å². The van der Waals surface area contributed by atoms with Crippen molar-refractivity contribution in [2.24, 2.45) is 10.7 Å². The molecule has 2 N–H and O–H groups in total. The van der Waals surface area contributed by atoms with E-state index in [1.54, 1.807) is 10.8 Å². The van der Waals surface area contributed by atoms with Gasteiger partial charge in [-0.15, -0.1) is 0 Å². The van der Waals surface area contributed by atoms with Crippen molar-refractivity contribution in [1.29, 1.82) is 0 Å². The highest BCUT2D eigenvalue weighted by atomic mass is 16.2. The fourth-order valence-corrected chi connectivity index (χ4v) is 5.05. The number of carbonyl (C=O) groups is 1. The summed E-state index contributed by atoms with van der Waals surface area (Å²) in [4.78, 5) is 32.9. The molecule has 39 heavy (non-hydrogen) atoms. The summed E-state index contributed by atoms with van der Waals surface area (Å²) in [6.07, 6.45) is 9.53. The maximum atomic E-state index is 13.3. The van der Waals surface area contributed by atoms with E-state index in [-0.39, 0.29) is 11.5 Å². The number of carbonyl (C=O) groups excluding carboxylic acids is 1. The van der Waals surface area contributed by atoms with Crippen LogP contribution in [-0.2, 0) is 17.9 Å². The van der Waals surface area contributed by atoms with E-state index >= 15 is 0 Å². The molecule has 0 unspecified atom stereocenters. The lowest BCUT2D eigenvalue weighted by Crippen LogP contribution is -2.34. The van der Waals surface area contributed by atoms with E-state index in [1.165, 1.54) is 0 Å². The molecule has 0 aliphatic carbocycles. The number of fused-ring (bicyclic) bond motifs is 2. The molecule has 0 fully saturated rings. The summed E-state index contributed by atoms with van der Waals surface area (Å²) >= 11 is 0. The lowest BCUT2D eigenvalue weighted by Gasteiger charge is -2.22. The van der Waals surface area contributed by atoms with Crippen LogP contribution >= 0.6 is 0 Å². The van der Waals surface area contributed by atoms with Crippen molar-refractivity contribution in [3.63, 3.8) is 0 Å². The van der Waals surface area contributed by atoms with E-state index in [4.69, 9.17) is 5.73 Å². The van der Waals surface area contributed by atoms with Crippen LogP contribution in [0.3, 0.4) is 0 Å². The van der Waals surface area contributed by atoms with Crippen molar-refractivity contribution in [1.82, 2.24) is 19.2 Å². The standard InChI is InChI=1S/C31H34N6O2/c1-3-12-35(13-4-2)30(38)26-19-25-7-6-23(20-28(25)34-29(32)21-26)22-8-9-27-24(18-22)10-15-36(31(27)39)16-17-37-14-5-11-33-37/h5-11,14-15,18-20H,3-4,12-13,16-17,21H2,1-2H3,(H2,32,34). The lowest BCUT2D eigenvalue weighted by molar-refractivity contribution is -0.127. The summed E-state index contributed by atoms with van der Waals surface area (Å²) in [5.41, 5.74) is 10.5. The van der Waals surface area contributed by atoms with Gasteiger partial charge in [0.05, 0.1) is 12.2 Å². The van der Waals surface area contributed by atoms with Crippen molar-refractivity contribution in [3.05, 3.63) is 88.6 Å². The predicted octanol–water partition coefficient (Wildman–Crippen LogP) is 4.99. The van der Waals surface area contributed by atoms with E-state index < -0.39 is 0 Å². The number of rotatable bonds is 9.